The summed E-state index contributed by atoms with van der Waals surface area (Å²) < 4.78 is 0. The van der Waals surface area contributed by atoms with Crippen LogP contribution in [0.1, 0.15) is 15.9 Å². The van der Waals surface area contributed by atoms with Crippen molar-refractivity contribution in [3.05, 3.63) is 53.9 Å². The Labute approximate surface area is 145 Å². The van der Waals surface area contributed by atoms with Gasteiger partial charge in [0.15, 0.2) is 0 Å². The predicted octanol–water partition coefficient (Wildman–Crippen LogP) is 0.607. The van der Waals surface area contributed by atoms with Crippen LogP contribution >= 0.6 is 0 Å². The molecule has 0 unspecified atom stereocenters. The molecule has 1 aliphatic heterocycles. The van der Waals surface area contributed by atoms with Crippen molar-refractivity contribution in [2.45, 2.75) is 6.54 Å². The molecule has 3 N–H and O–H groups in total. The molecule has 1 aliphatic rings. The molecule has 8 heteroatoms. The summed E-state index contributed by atoms with van der Waals surface area (Å²) in [6, 6.07) is 8.39. The molecule has 1 fully saturated rings. The van der Waals surface area contributed by atoms with E-state index >= 15 is 0 Å². The summed E-state index contributed by atoms with van der Waals surface area (Å²) in [6.07, 6.45) is 3.43. The summed E-state index contributed by atoms with van der Waals surface area (Å²) in [5.74, 6) is 0.698. The molecule has 2 heterocycles. The van der Waals surface area contributed by atoms with E-state index in [0.717, 1.165) is 5.56 Å². The Balaban J connectivity index is 1.56. The van der Waals surface area contributed by atoms with Crippen LogP contribution in [-0.2, 0) is 6.54 Å². The molecule has 0 spiro atoms. The standard InChI is InChI=1S/C17H20N6O2/c18-16(25)21-12-13-2-4-14(5-3-13)15(24)22-8-10-23(11-9-22)17-19-6-1-7-20-17/h1-7H,8-12H2,(H3,18,21,25). The Morgan fingerprint density at radius 3 is 2.28 bits per heavy atom. The van der Waals surface area contributed by atoms with E-state index in [4.69, 9.17) is 5.73 Å². The molecule has 130 valence electrons. The minimum Gasteiger partial charge on any atom is -0.352 e. The van der Waals surface area contributed by atoms with Gasteiger partial charge < -0.3 is 20.9 Å². The average molecular weight is 340 g/mol. The highest BCUT2D eigenvalue weighted by Gasteiger charge is 2.23. The number of nitrogens with one attached hydrogen (secondary N) is 1. The highest BCUT2D eigenvalue weighted by Crippen LogP contribution is 2.13. The molecule has 1 saturated heterocycles. The molecule has 0 saturated carbocycles. The number of carbonyl (C=O) groups is 2. The Morgan fingerprint density at radius 1 is 1.04 bits per heavy atom. The lowest BCUT2D eigenvalue weighted by molar-refractivity contribution is 0.0746. The van der Waals surface area contributed by atoms with Gasteiger partial charge in [-0.15, -0.1) is 0 Å². The molecule has 1 aromatic carbocycles. The third-order valence-corrected chi connectivity index (χ3v) is 4.07. The van der Waals surface area contributed by atoms with E-state index in [-0.39, 0.29) is 5.91 Å². The fraction of sp³-hybridized carbons (Fsp3) is 0.294. The smallest absolute Gasteiger partial charge is 0.312 e. The molecular formula is C17H20N6O2. The van der Waals surface area contributed by atoms with Crippen molar-refractivity contribution >= 4 is 17.9 Å². The number of anilines is 1. The fourth-order valence-corrected chi connectivity index (χ4v) is 2.70. The van der Waals surface area contributed by atoms with Crippen LogP contribution in [-0.4, -0.2) is 53.0 Å². The van der Waals surface area contributed by atoms with Crippen LogP contribution in [0.2, 0.25) is 0 Å². The van der Waals surface area contributed by atoms with Crippen LogP contribution in [0.15, 0.2) is 42.7 Å². The van der Waals surface area contributed by atoms with Crippen LogP contribution in [0.3, 0.4) is 0 Å². The highest BCUT2D eigenvalue weighted by atomic mass is 16.2. The number of nitrogens with zero attached hydrogens (tertiary/aromatic N) is 4. The van der Waals surface area contributed by atoms with Crippen molar-refractivity contribution in [2.75, 3.05) is 31.1 Å². The maximum absolute atomic E-state index is 12.6. The average Bonchev–Trinajstić information content (AvgIpc) is 2.67. The molecule has 25 heavy (non-hydrogen) atoms. The van der Waals surface area contributed by atoms with Gasteiger partial charge in [-0.25, -0.2) is 14.8 Å². The third-order valence-electron chi connectivity index (χ3n) is 4.07. The summed E-state index contributed by atoms with van der Waals surface area (Å²) >= 11 is 0. The van der Waals surface area contributed by atoms with E-state index in [1.165, 1.54) is 0 Å². The summed E-state index contributed by atoms with van der Waals surface area (Å²) in [7, 11) is 0. The van der Waals surface area contributed by atoms with Gasteiger partial charge in [0, 0.05) is 50.7 Å². The lowest BCUT2D eigenvalue weighted by Gasteiger charge is -2.34. The van der Waals surface area contributed by atoms with Crippen LogP contribution in [0.4, 0.5) is 10.7 Å². The number of benzene rings is 1. The maximum atomic E-state index is 12.6. The topological polar surface area (TPSA) is 104 Å². The maximum Gasteiger partial charge on any atom is 0.312 e. The van der Waals surface area contributed by atoms with Gasteiger partial charge in [0.25, 0.3) is 5.91 Å². The molecular weight excluding hydrogens is 320 g/mol. The Kier molecular flexibility index (Phi) is 5.08. The van der Waals surface area contributed by atoms with E-state index in [2.05, 4.69) is 20.2 Å². The minimum absolute atomic E-state index is 0.00282. The predicted molar refractivity (Wildman–Crippen MR) is 93.0 cm³/mol. The largest absolute Gasteiger partial charge is 0.352 e. The second-order valence-corrected chi connectivity index (χ2v) is 5.74. The normalized spacial score (nSPS) is 14.2. The Bertz CT molecular complexity index is 727. The van der Waals surface area contributed by atoms with Crippen molar-refractivity contribution < 1.29 is 9.59 Å². The first-order valence-electron chi connectivity index (χ1n) is 8.07. The third kappa shape index (κ3) is 4.23. The number of nitrogens with two attached hydrogens (primary N) is 1. The Hall–Kier alpha value is -3.16. The molecule has 3 amide bonds. The second kappa shape index (κ2) is 7.61. The van der Waals surface area contributed by atoms with Gasteiger partial charge in [0.2, 0.25) is 5.95 Å². The number of hydrogen-bond acceptors (Lipinski definition) is 5. The first-order chi connectivity index (χ1) is 12.1. The summed E-state index contributed by atoms with van der Waals surface area (Å²) in [4.78, 5) is 35.7. The van der Waals surface area contributed by atoms with Crippen molar-refractivity contribution in [3.8, 4) is 0 Å². The van der Waals surface area contributed by atoms with Crippen LogP contribution in [0.5, 0.6) is 0 Å². The number of hydrogen-bond donors (Lipinski definition) is 2. The molecule has 0 atom stereocenters. The van der Waals surface area contributed by atoms with E-state index in [9.17, 15) is 9.59 Å². The van der Waals surface area contributed by atoms with Crippen molar-refractivity contribution in [3.63, 3.8) is 0 Å². The number of rotatable bonds is 4. The molecule has 1 aromatic heterocycles. The lowest BCUT2D eigenvalue weighted by Crippen LogP contribution is -2.49. The zero-order chi connectivity index (χ0) is 17.6. The molecule has 0 bridgehead atoms. The summed E-state index contributed by atoms with van der Waals surface area (Å²) in [6.45, 7) is 3.01. The minimum atomic E-state index is -0.569. The molecule has 0 radical (unpaired) electrons. The second-order valence-electron chi connectivity index (χ2n) is 5.74. The fourth-order valence-electron chi connectivity index (χ4n) is 2.70. The van der Waals surface area contributed by atoms with Gasteiger partial charge in [-0.3, -0.25) is 4.79 Å². The van der Waals surface area contributed by atoms with Gasteiger partial charge in [0.05, 0.1) is 0 Å². The summed E-state index contributed by atoms with van der Waals surface area (Å²) in [5, 5.41) is 2.52. The van der Waals surface area contributed by atoms with E-state index in [0.29, 0.717) is 44.2 Å². The van der Waals surface area contributed by atoms with Crippen LogP contribution in [0.25, 0.3) is 0 Å². The monoisotopic (exact) mass is 340 g/mol. The van der Waals surface area contributed by atoms with Gasteiger partial charge in [0.1, 0.15) is 0 Å². The zero-order valence-corrected chi connectivity index (χ0v) is 13.8. The van der Waals surface area contributed by atoms with Gasteiger partial charge in [-0.1, -0.05) is 12.1 Å². The molecule has 2 aromatic rings. The SMILES string of the molecule is NC(=O)NCc1ccc(C(=O)N2CCN(c3ncccn3)CC2)cc1. The highest BCUT2D eigenvalue weighted by molar-refractivity contribution is 5.94. The molecule has 3 rings (SSSR count). The first-order valence-corrected chi connectivity index (χ1v) is 8.07. The number of amides is 3. The number of carbonyl (C=O) groups excluding carboxylic acids is 2. The lowest BCUT2D eigenvalue weighted by atomic mass is 10.1. The van der Waals surface area contributed by atoms with Crippen molar-refractivity contribution in [1.29, 1.82) is 0 Å². The van der Waals surface area contributed by atoms with E-state index in [1.54, 1.807) is 30.6 Å². The molecule has 0 aliphatic carbocycles. The quantitative estimate of drug-likeness (QED) is 0.848. The number of aromatic nitrogens is 2. The van der Waals surface area contributed by atoms with Crippen molar-refractivity contribution in [1.82, 2.24) is 20.2 Å². The zero-order valence-electron chi connectivity index (χ0n) is 13.8. The van der Waals surface area contributed by atoms with Gasteiger partial charge in [-0.05, 0) is 23.8 Å². The van der Waals surface area contributed by atoms with Crippen molar-refractivity contribution in [2.24, 2.45) is 5.73 Å². The summed E-state index contributed by atoms with van der Waals surface area (Å²) in [5.41, 5.74) is 6.57. The number of urea groups is 1. The van der Waals surface area contributed by atoms with E-state index < -0.39 is 6.03 Å². The first kappa shape index (κ1) is 16.7. The Morgan fingerprint density at radius 2 is 1.68 bits per heavy atom. The van der Waals surface area contributed by atoms with Crippen LogP contribution in [0, 0.1) is 0 Å². The molecule has 8 nitrogen and oxygen atoms in total. The van der Waals surface area contributed by atoms with E-state index in [1.807, 2.05) is 17.0 Å². The van der Waals surface area contributed by atoms with Crippen LogP contribution < -0.4 is 16.0 Å². The van der Waals surface area contributed by atoms with Gasteiger partial charge in [-0.2, -0.15) is 0 Å². The number of piperazine rings is 1. The van der Waals surface area contributed by atoms with Gasteiger partial charge >= 0.3 is 6.03 Å². The number of primary amides is 1.